The zero-order chi connectivity index (χ0) is 23.6. The first kappa shape index (κ1) is 22.8. The van der Waals surface area contributed by atoms with Crippen molar-refractivity contribution in [1.29, 1.82) is 0 Å². The van der Waals surface area contributed by atoms with Crippen molar-refractivity contribution in [2.75, 3.05) is 11.1 Å². The van der Waals surface area contributed by atoms with Crippen LogP contribution in [0.4, 0.5) is 28.9 Å². The smallest absolute Gasteiger partial charge is 0.398 e. The average Bonchev–Trinajstić information content (AvgIpc) is 2.80. The third-order valence-corrected chi connectivity index (χ3v) is 6.25. The van der Waals surface area contributed by atoms with Gasteiger partial charge in [0.1, 0.15) is 5.82 Å². The highest BCUT2D eigenvalue weighted by Crippen LogP contribution is 2.38. The lowest BCUT2D eigenvalue weighted by molar-refractivity contribution is -0.137. The Morgan fingerprint density at radius 1 is 0.970 bits per heavy atom. The fourth-order valence-corrected chi connectivity index (χ4v) is 4.45. The minimum atomic E-state index is -4.64. The normalized spacial score (nSPS) is 18.7. The quantitative estimate of drug-likeness (QED) is 0.328. The van der Waals surface area contributed by atoms with Gasteiger partial charge in [-0.25, -0.2) is 4.39 Å². The molecule has 1 fully saturated rings. The van der Waals surface area contributed by atoms with E-state index >= 15 is 0 Å². The molecular formula is C26H24F4N2O. The summed E-state index contributed by atoms with van der Waals surface area (Å²) in [6, 6.07) is 17.9. The van der Waals surface area contributed by atoms with Crippen LogP contribution in [0.5, 0.6) is 0 Å². The molecule has 0 saturated heterocycles. The number of para-hydroxylation sites is 1. The highest BCUT2D eigenvalue weighted by atomic mass is 19.4. The second-order valence-corrected chi connectivity index (χ2v) is 8.45. The first-order chi connectivity index (χ1) is 15.7. The Hall–Kier alpha value is -3.35. The summed E-state index contributed by atoms with van der Waals surface area (Å²) in [6.07, 6.45) is -1.61. The fourth-order valence-electron chi connectivity index (χ4n) is 4.45. The third kappa shape index (κ3) is 5.18. The number of hydrogen-bond donors (Lipinski definition) is 2. The summed E-state index contributed by atoms with van der Waals surface area (Å²) in [4.78, 5) is 12.7. The van der Waals surface area contributed by atoms with Gasteiger partial charge in [0.15, 0.2) is 0 Å². The summed E-state index contributed by atoms with van der Waals surface area (Å²) >= 11 is 0. The number of halogens is 4. The molecule has 0 aromatic heterocycles. The van der Waals surface area contributed by atoms with Crippen LogP contribution in [0.2, 0.25) is 0 Å². The van der Waals surface area contributed by atoms with Gasteiger partial charge in [0.25, 0.3) is 0 Å². The number of alkyl halides is 3. The molecule has 4 rings (SSSR count). The lowest BCUT2D eigenvalue weighted by Gasteiger charge is -2.29. The molecule has 0 heterocycles. The predicted molar refractivity (Wildman–Crippen MR) is 121 cm³/mol. The number of carbonyl (C=O) groups excluding carboxylic acids is 1. The van der Waals surface area contributed by atoms with Gasteiger partial charge in [0.05, 0.1) is 11.3 Å². The predicted octanol–water partition coefficient (Wildman–Crippen LogP) is 7.01. The highest BCUT2D eigenvalue weighted by Gasteiger charge is 2.32. The summed E-state index contributed by atoms with van der Waals surface area (Å²) in [7, 11) is 0. The van der Waals surface area contributed by atoms with Crippen LogP contribution < -0.4 is 11.1 Å². The van der Waals surface area contributed by atoms with E-state index in [9.17, 15) is 22.4 Å². The summed E-state index contributed by atoms with van der Waals surface area (Å²) < 4.78 is 52.3. The van der Waals surface area contributed by atoms with Gasteiger partial charge >= 0.3 is 6.18 Å². The maximum atomic E-state index is 14.1. The number of nitrogens with two attached hydrogens (primary N) is 1. The number of hydrogen-bond acceptors (Lipinski definition) is 2. The second kappa shape index (κ2) is 9.25. The number of nitrogen functional groups attached to an aromatic ring is 1. The van der Waals surface area contributed by atoms with Crippen molar-refractivity contribution in [3.8, 4) is 11.1 Å². The summed E-state index contributed by atoms with van der Waals surface area (Å²) in [5, 5.41) is 2.47. The molecule has 0 aliphatic heterocycles. The Balaban J connectivity index is 1.43. The Bertz CT molecular complexity index is 1140. The van der Waals surface area contributed by atoms with Crippen molar-refractivity contribution in [2.45, 2.75) is 37.8 Å². The number of nitrogens with one attached hydrogen (secondary N) is 1. The van der Waals surface area contributed by atoms with Crippen LogP contribution in [0.25, 0.3) is 11.1 Å². The van der Waals surface area contributed by atoms with E-state index in [0.717, 1.165) is 41.7 Å². The zero-order valence-corrected chi connectivity index (χ0v) is 17.8. The Morgan fingerprint density at radius 3 is 2.36 bits per heavy atom. The number of anilines is 2. The second-order valence-electron chi connectivity index (χ2n) is 8.45. The van der Waals surface area contributed by atoms with Gasteiger partial charge in [-0.05, 0) is 60.6 Å². The number of benzene rings is 3. The van der Waals surface area contributed by atoms with Crippen molar-refractivity contribution in [2.24, 2.45) is 5.92 Å². The van der Waals surface area contributed by atoms with Gasteiger partial charge in [-0.1, -0.05) is 48.9 Å². The van der Waals surface area contributed by atoms with E-state index in [4.69, 9.17) is 5.73 Å². The topological polar surface area (TPSA) is 55.1 Å². The molecule has 0 bridgehead atoms. The first-order valence-electron chi connectivity index (χ1n) is 10.8. The molecule has 1 aliphatic rings. The minimum absolute atomic E-state index is 0.175. The minimum Gasteiger partial charge on any atom is -0.398 e. The standard InChI is InChI=1S/C26H24F4N2O/c27-22-15-20(26(28,29)30)12-13-24(22)32-25(33)19-5-3-4-18(14-19)16-8-10-17(11-9-16)21-6-1-2-7-23(21)31/h1-2,6-13,15,18-19H,3-5,14,31H2,(H,32,33). The fraction of sp³-hybridized carbons (Fsp3) is 0.269. The van der Waals surface area contributed by atoms with E-state index < -0.39 is 17.6 Å². The molecule has 0 spiro atoms. The van der Waals surface area contributed by atoms with Gasteiger partial charge < -0.3 is 11.1 Å². The molecule has 33 heavy (non-hydrogen) atoms. The van der Waals surface area contributed by atoms with Crippen LogP contribution >= 0.6 is 0 Å². The number of amides is 1. The van der Waals surface area contributed by atoms with Crippen LogP contribution in [-0.2, 0) is 11.0 Å². The van der Waals surface area contributed by atoms with Crippen LogP contribution in [0.1, 0.15) is 42.7 Å². The summed E-state index contributed by atoms with van der Waals surface area (Å²) in [5.74, 6) is -1.63. The van der Waals surface area contributed by atoms with Gasteiger partial charge in [0.2, 0.25) is 5.91 Å². The Morgan fingerprint density at radius 2 is 1.70 bits per heavy atom. The summed E-state index contributed by atoms with van der Waals surface area (Å²) in [6.45, 7) is 0. The average molecular weight is 456 g/mol. The monoisotopic (exact) mass is 456 g/mol. The van der Waals surface area contributed by atoms with Crippen LogP contribution in [0.15, 0.2) is 66.7 Å². The highest BCUT2D eigenvalue weighted by molar-refractivity contribution is 5.92. The number of carbonyl (C=O) groups is 1. The molecule has 3 aromatic carbocycles. The van der Waals surface area contributed by atoms with E-state index in [-0.39, 0.29) is 23.4 Å². The van der Waals surface area contributed by atoms with E-state index in [1.54, 1.807) is 0 Å². The maximum Gasteiger partial charge on any atom is 0.416 e. The van der Waals surface area contributed by atoms with Crippen molar-refractivity contribution < 1.29 is 22.4 Å². The molecule has 1 saturated carbocycles. The largest absolute Gasteiger partial charge is 0.416 e. The molecule has 1 amide bonds. The molecule has 7 heteroatoms. The third-order valence-electron chi connectivity index (χ3n) is 6.25. The first-order valence-corrected chi connectivity index (χ1v) is 10.8. The molecule has 0 radical (unpaired) electrons. The molecule has 2 unspecified atom stereocenters. The lowest BCUT2D eigenvalue weighted by atomic mass is 9.77. The molecule has 3 N–H and O–H groups in total. The van der Waals surface area contributed by atoms with Gasteiger partial charge in [-0.3, -0.25) is 4.79 Å². The van der Waals surface area contributed by atoms with Crippen molar-refractivity contribution in [3.63, 3.8) is 0 Å². The van der Waals surface area contributed by atoms with E-state index in [0.29, 0.717) is 24.6 Å². The SMILES string of the molecule is Nc1ccccc1-c1ccc(C2CCCC(C(=O)Nc3ccc(C(F)(F)F)cc3F)C2)cc1. The van der Waals surface area contributed by atoms with Crippen molar-refractivity contribution in [3.05, 3.63) is 83.7 Å². The Kier molecular flexibility index (Phi) is 6.40. The van der Waals surface area contributed by atoms with Crippen LogP contribution in [0.3, 0.4) is 0 Å². The van der Waals surface area contributed by atoms with E-state index in [2.05, 4.69) is 5.32 Å². The van der Waals surface area contributed by atoms with Gasteiger partial charge in [-0.15, -0.1) is 0 Å². The lowest BCUT2D eigenvalue weighted by Crippen LogP contribution is -2.28. The number of rotatable bonds is 4. The Labute approximate surface area is 189 Å². The molecule has 3 nitrogen and oxygen atoms in total. The molecule has 3 aromatic rings. The molecule has 1 aliphatic carbocycles. The molecule has 2 atom stereocenters. The maximum absolute atomic E-state index is 14.1. The summed E-state index contributed by atoms with van der Waals surface area (Å²) in [5.41, 5.74) is 8.53. The van der Waals surface area contributed by atoms with E-state index in [1.807, 2.05) is 48.5 Å². The van der Waals surface area contributed by atoms with Crippen LogP contribution in [-0.4, -0.2) is 5.91 Å². The van der Waals surface area contributed by atoms with Crippen molar-refractivity contribution >= 4 is 17.3 Å². The van der Waals surface area contributed by atoms with E-state index in [1.165, 1.54) is 0 Å². The van der Waals surface area contributed by atoms with Crippen molar-refractivity contribution in [1.82, 2.24) is 0 Å². The zero-order valence-electron chi connectivity index (χ0n) is 17.8. The van der Waals surface area contributed by atoms with Crippen LogP contribution in [0, 0.1) is 11.7 Å². The van der Waals surface area contributed by atoms with Gasteiger partial charge in [0, 0.05) is 17.2 Å². The molecule has 172 valence electrons. The molecular weight excluding hydrogens is 432 g/mol. The van der Waals surface area contributed by atoms with Gasteiger partial charge in [-0.2, -0.15) is 13.2 Å².